The fraction of sp³-hybridized carbons (Fsp3) is 0.250. The molecule has 0 saturated heterocycles. The van der Waals surface area contributed by atoms with Crippen LogP contribution < -0.4 is 5.73 Å². The van der Waals surface area contributed by atoms with Crippen molar-refractivity contribution >= 4 is 16.6 Å². The molecule has 2 aromatic rings. The minimum absolute atomic E-state index is 0.836. The Morgan fingerprint density at radius 2 is 2.22 bits per heavy atom. The molecule has 3 rings (SSSR count). The number of allylic oxidation sites excluding steroid dienone is 4. The largest absolute Gasteiger partial charge is 0.399 e. The number of hydrogen-bond acceptors (Lipinski definition) is 1. The van der Waals surface area contributed by atoms with E-state index in [1.54, 1.807) is 0 Å². The van der Waals surface area contributed by atoms with Gasteiger partial charge in [0.15, 0.2) is 0 Å². The Kier molecular flexibility index (Phi) is 2.71. The first kappa shape index (κ1) is 11.1. The predicted octanol–water partition coefficient (Wildman–Crippen LogP) is 3.81. The Balaban J connectivity index is 2.02. The lowest BCUT2D eigenvalue weighted by Gasteiger charge is -2.11. The van der Waals surface area contributed by atoms with E-state index in [0.29, 0.717) is 0 Å². The summed E-state index contributed by atoms with van der Waals surface area (Å²) in [4.78, 5) is 0. The van der Waals surface area contributed by atoms with Gasteiger partial charge in [0.1, 0.15) is 0 Å². The minimum Gasteiger partial charge on any atom is -0.399 e. The van der Waals surface area contributed by atoms with Crippen LogP contribution >= 0.6 is 0 Å². The van der Waals surface area contributed by atoms with Crippen molar-refractivity contribution < 1.29 is 0 Å². The van der Waals surface area contributed by atoms with Gasteiger partial charge in [-0.25, -0.2) is 0 Å². The van der Waals surface area contributed by atoms with E-state index in [-0.39, 0.29) is 0 Å². The van der Waals surface area contributed by atoms with Crippen molar-refractivity contribution in [2.45, 2.75) is 26.3 Å². The zero-order chi connectivity index (χ0) is 12.5. The lowest BCUT2D eigenvalue weighted by atomic mass is 10.1. The van der Waals surface area contributed by atoms with E-state index in [2.05, 4.69) is 48.0 Å². The van der Waals surface area contributed by atoms with Crippen molar-refractivity contribution in [3.8, 4) is 0 Å². The Morgan fingerprint density at radius 1 is 1.33 bits per heavy atom. The van der Waals surface area contributed by atoms with Crippen LogP contribution in [0.15, 0.2) is 48.2 Å². The summed E-state index contributed by atoms with van der Waals surface area (Å²) in [5.41, 5.74) is 10.8. The second-order valence-electron chi connectivity index (χ2n) is 5.01. The first-order valence-electron chi connectivity index (χ1n) is 6.43. The summed E-state index contributed by atoms with van der Waals surface area (Å²) in [5.74, 6) is 0. The normalized spacial score (nSPS) is 15.1. The molecule has 0 unspecified atom stereocenters. The number of anilines is 1. The number of fused-ring (bicyclic) bond motifs is 1. The summed E-state index contributed by atoms with van der Waals surface area (Å²) >= 11 is 0. The summed E-state index contributed by atoms with van der Waals surface area (Å²) in [6.07, 6.45) is 11.2. The van der Waals surface area contributed by atoms with Gasteiger partial charge in [-0.2, -0.15) is 0 Å². The van der Waals surface area contributed by atoms with Crippen LogP contribution in [0.25, 0.3) is 10.9 Å². The molecule has 2 N–H and O–H groups in total. The number of rotatable bonds is 2. The fourth-order valence-corrected chi connectivity index (χ4v) is 2.63. The summed E-state index contributed by atoms with van der Waals surface area (Å²) in [6.45, 7) is 3.13. The van der Waals surface area contributed by atoms with Gasteiger partial charge in [-0.1, -0.05) is 23.8 Å². The minimum atomic E-state index is 0.836. The van der Waals surface area contributed by atoms with E-state index in [1.165, 1.54) is 28.5 Å². The predicted molar refractivity (Wildman–Crippen MR) is 77.5 cm³/mol. The monoisotopic (exact) mass is 238 g/mol. The summed E-state index contributed by atoms with van der Waals surface area (Å²) in [7, 11) is 0. The van der Waals surface area contributed by atoms with Gasteiger partial charge in [0, 0.05) is 29.3 Å². The molecule has 1 heterocycles. The number of aromatic nitrogens is 1. The molecule has 1 aliphatic carbocycles. The molecule has 0 spiro atoms. The van der Waals surface area contributed by atoms with Crippen molar-refractivity contribution in [2.75, 3.05) is 5.73 Å². The number of nitrogens with two attached hydrogens (primary N) is 1. The molecular formula is C16H18N2. The van der Waals surface area contributed by atoms with Gasteiger partial charge in [0.25, 0.3) is 0 Å². The molecule has 0 saturated carbocycles. The molecule has 0 atom stereocenters. The van der Waals surface area contributed by atoms with Crippen LogP contribution in [0.3, 0.4) is 0 Å². The van der Waals surface area contributed by atoms with E-state index < -0.39 is 0 Å². The van der Waals surface area contributed by atoms with Gasteiger partial charge < -0.3 is 10.3 Å². The highest BCUT2D eigenvalue weighted by molar-refractivity contribution is 5.86. The van der Waals surface area contributed by atoms with Crippen molar-refractivity contribution in [1.82, 2.24) is 4.57 Å². The second-order valence-corrected chi connectivity index (χ2v) is 5.01. The van der Waals surface area contributed by atoms with Crippen LogP contribution in [0.1, 0.15) is 18.4 Å². The van der Waals surface area contributed by atoms with E-state index in [4.69, 9.17) is 5.73 Å². The van der Waals surface area contributed by atoms with Crippen LogP contribution in [0.2, 0.25) is 0 Å². The van der Waals surface area contributed by atoms with Crippen molar-refractivity contribution in [1.29, 1.82) is 0 Å². The average Bonchev–Trinajstić information content (AvgIpc) is 2.67. The molecule has 18 heavy (non-hydrogen) atoms. The first-order chi connectivity index (χ1) is 8.74. The summed E-state index contributed by atoms with van der Waals surface area (Å²) < 4.78 is 2.33. The third kappa shape index (κ3) is 1.94. The zero-order valence-corrected chi connectivity index (χ0v) is 10.7. The third-order valence-electron chi connectivity index (χ3n) is 3.58. The lowest BCUT2D eigenvalue weighted by molar-refractivity contribution is 0.761. The Bertz CT molecular complexity index is 644. The van der Waals surface area contributed by atoms with Crippen molar-refractivity contribution in [3.63, 3.8) is 0 Å². The van der Waals surface area contributed by atoms with Gasteiger partial charge in [-0.3, -0.25) is 0 Å². The number of nitrogens with zero attached hydrogens (tertiary/aromatic N) is 1. The van der Waals surface area contributed by atoms with E-state index >= 15 is 0 Å². The molecule has 0 bridgehead atoms. The lowest BCUT2D eigenvalue weighted by Crippen LogP contribution is -2.01. The number of nitrogen functional groups attached to an aromatic ring is 1. The Hall–Kier alpha value is -1.96. The molecule has 1 aromatic heterocycles. The van der Waals surface area contributed by atoms with Crippen molar-refractivity contribution in [2.24, 2.45) is 0 Å². The van der Waals surface area contributed by atoms with Crippen LogP contribution in [0.4, 0.5) is 5.69 Å². The standard InChI is InChI=1S/C16H18N2/c1-12-10-18(11-13-5-3-2-4-6-13)16-8-7-14(17)9-15(12)16/h2-3,5,7-10H,4,6,11,17H2,1H3. The quantitative estimate of drug-likeness (QED) is 0.792. The van der Waals surface area contributed by atoms with E-state index in [9.17, 15) is 0 Å². The van der Waals surface area contributed by atoms with Gasteiger partial charge >= 0.3 is 0 Å². The Morgan fingerprint density at radius 3 is 3.00 bits per heavy atom. The molecule has 1 aromatic carbocycles. The fourth-order valence-electron chi connectivity index (χ4n) is 2.63. The molecule has 0 fully saturated rings. The highest BCUT2D eigenvalue weighted by atomic mass is 15.0. The van der Waals surface area contributed by atoms with Crippen LogP contribution in [-0.2, 0) is 6.54 Å². The van der Waals surface area contributed by atoms with E-state index in [0.717, 1.165) is 18.7 Å². The zero-order valence-electron chi connectivity index (χ0n) is 10.7. The molecule has 92 valence electrons. The van der Waals surface area contributed by atoms with E-state index in [1.807, 2.05) is 6.07 Å². The average molecular weight is 238 g/mol. The maximum atomic E-state index is 5.86. The third-order valence-corrected chi connectivity index (χ3v) is 3.58. The van der Waals surface area contributed by atoms with Crippen LogP contribution in [0.5, 0.6) is 0 Å². The molecule has 2 nitrogen and oxygen atoms in total. The highest BCUT2D eigenvalue weighted by Crippen LogP contribution is 2.25. The van der Waals surface area contributed by atoms with Crippen LogP contribution in [-0.4, -0.2) is 4.57 Å². The van der Waals surface area contributed by atoms with Gasteiger partial charge in [0.05, 0.1) is 0 Å². The summed E-state index contributed by atoms with van der Waals surface area (Å²) in [6, 6.07) is 6.17. The molecule has 2 heteroatoms. The molecule has 0 aliphatic heterocycles. The van der Waals surface area contributed by atoms with Crippen molar-refractivity contribution in [3.05, 3.63) is 53.8 Å². The summed E-state index contributed by atoms with van der Waals surface area (Å²) in [5, 5.41) is 1.27. The number of hydrogen-bond donors (Lipinski definition) is 1. The molecule has 0 radical (unpaired) electrons. The molecular weight excluding hydrogens is 220 g/mol. The smallest absolute Gasteiger partial charge is 0.0487 e. The first-order valence-corrected chi connectivity index (χ1v) is 6.43. The maximum absolute atomic E-state index is 5.86. The molecule has 0 amide bonds. The number of aryl methyl sites for hydroxylation is 1. The van der Waals surface area contributed by atoms with Gasteiger partial charge in [-0.15, -0.1) is 0 Å². The second kappa shape index (κ2) is 4.37. The van der Waals surface area contributed by atoms with Gasteiger partial charge in [0.2, 0.25) is 0 Å². The Labute approximate surface area is 107 Å². The SMILES string of the molecule is Cc1cn(CC2=CC=CCC2)c2ccc(N)cc12. The number of benzene rings is 1. The highest BCUT2D eigenvalue weighted by Gasteiger charge is 2.07. The van der Waals surface area contributed by atoms with Crippen LogP contribution in [0, 0.1) is 6.92 Å². The maximum Gasteiger partial charge on any atom is 0.0487 e. The van der Waals surface area contributed by atoms with Gasteiger partial charge in [-0.05, 0) is 43.5 Å². The topological polar surface area (TPSA) is 30.9 Å². The molecule has 1 aliphatic rings.